The van der Waals surface area contributed by atoms with Gasteiger partial charge in [0.1, 0.15) is 5.54 Å². The minimum atomic E-state index is -4.85. The summed E-state index contributed by atoms with van der Waals surface area (Å²) in [5, 5.41) is 10.8. The van der Waals surface area contributed by atoms with Gasteiger partial charge in [-0.3, -0.25) is 4.79 Å². The summed E-state index contributed by atoms with van der Waals surface area (Å²) in [6.45, 7) is 0. The van der Waals surface area contributed by atoms with Crippen LogP contribution in [0.15, 0.2) is 27.6 Å². The quantitative estimate of drug-likeness (QED) is 0.591. The molecule has 3 atom stereocenters. The van der Waals surface area contributed by atoms with Crippen molar-refractivity contribution in [2.75, 3.05) is 0 Å². The SMILES string of the molecule is N#CC1(NC(=O)[C@@H]2C[C@@H](S(=O)(=O)c3ccc(Br)cc3C(F)(F)F)C[C@H]2OC2CCC2)CC1. The number of hydrogen-bond donors (Lipinski definition) is 1. The molecule has 0 unspecified atom stereocenters. The van der Waals surface area contributed by atoms with Gasteiger partial charge in [0.15, 0.2) is 9.84 Å². The molecule has 3 aliphatic rings. The molecule has 1 aromatic rings. The topological polar surface area (TPSA) is 96.3 Å². The van der Waals surface area contributed by atoms with E-state index in [1.54, 1.807) is 0 Å². The van der Waals surface area contributed by atoms with Crippen LogP contribution in [0.4, 0.5) is 13.2 Å². The van der Waals surface area contributed by atoms with E-state index in [2.05, 4.69) is 27.3 Å². The van der Waals surface area contributed by atoms with Crippen LogP contribution in [0.25, 0.3) is 0 Å². The van der Waals surface area contributed by atoms with Gasteiger partial charge in [0.05, 0.1) is 39.9 Å². The number of ether oxygens (including phenoxy) is 1. The van der Waals surface area contributed by atoms with E-state index in [0.717, 1.165) is 31.4 Å². The number of benzene rings is 1. The average Bonchev–Trinajstić information content (AvgIpc) is 3.31. The van der Waals surface area contributed by atoms with Crippen molar-refractivity contribution in [2.45, 2.75) is 79.0 Å². The second-order valence-electron chi connectivity index (χ2n) is 8.79. The number of halogens is 4. The molecular weight excluding hydrogens is 513 g/mol. The zero-order valence-corrected chi connectivity index (χ0v) is 19.4. The number of alkyl halides is 3. The maximum atomic E-state index is 13.6. The second kappa shape index (κ2) is 8.29. The molecule has 3 saturated carbocycles. The van der Waals surface area contributed by atoms with Crippen molar-refractivity contribution >= 4 is 31.7 Å². The van der Waals surface area contributed by atoms with Gasteiger partial charge in [0.25, 0.3) is 0 Å². The van der Waals surface area contributed by atoms with Crippen LogP contribution in [0.2, 0.25) is 0 Å². The number of hydrogen-bond acceptors (Lipinski definition) is 5. The number of nitrogens with one attached hydrogen (secondary N) is 1. The number of amides is 1. The Bertz CT molecular complexity index is 1060. The number of nitrogens with zero attached hydrogens (tertiary/aromatic N) is 1. The Kier molecular flexibility index (Phi) is 6.09. The van der Waals surface area contributed by atoms with Crippen LogP contribution in [0.1, 0.15) is 50.5 Å². The minimum absolute atomic E-state index is 0.0656. The van der Waals surface area contributed by atoms with E-state index in [4.69, 9.17) is 4.74 Å². The van der Waals surface area contributed by atoms with E-state index >= 15 is 0 Å². The molecule has 1 aromatic carbocycles. The Morgan fingerprint density at radius 1 is 1.25 bits per heavy atom. The Morgan fingerprint density at radius 2 is 1.94 bits per heavy atom. The van der Waals surface area contributed by atoms with Crippen LogP contribution >= 0.6 is 15.9 Å². The lowest BCUT2D eigenvalue weighted by Crippen LogP contribution is -2.43. The summed E-state index contributed by atoms with van der Waals surface area (Å²) in [4.78, 5) is 12.1. The van der Waals surface area contributed by atoms with Gasteiger partial charge in [-0.25, -0.2) is 8.42 Å². The molecule has 0 heterocycles. The monoisotopic (exact) mass is 534 g/mol. The maximum Gasteiger partial charge on any atom is 0.417 e. The molecule has 1 amide bonds. The summed E-state index contributed by atoms with van der Waals surface area (Å²) >= 11 is 2.97. The van der Waals surface area contributed by atoms with Crippen molar-refractivity contribution in [1.82, 2.24) is 5.32 Å². The molecule has 0 aliphatic heterocycles. The third-order valence-corrected chi connectivity index (χ3v) is 9.26. The molecule has 0 radical (unpaired) electrons. The summed E-state index contributed by atoms with van der Waals surface area (Å²) < 4.78 is 73.4. The highest BCUT2D eigenvalue weighted by Crippen LogP contribution is 2.43. The second-order valence-corrected chi connectivity index (χ2v) is 11.9. The van der Waals surface area contributed by atoms with Crippen molar-refractivity contribution in [1.29, 1.82) is 5.26 Å². The van der Waals surface area contributed by atoms with E-state index in [-0.39, 0.29) is 23.4 Å². The fourth-order valence-corrected chi connectivity index (χ4v) is 6.62. The van der Waals surface area contributed by atoms with E-state index in [1.807, 2.05) is 0 Å². The van der Waals surface area contributed by atoms with Crippen LogP contribution in [0.3, 0.4) is 0 Å². The first-order chi connectivity index (χ1) is 14.9. The Morgan fingerprint density at radius 3 is 2.47 bits per heavy atom. The number of carbonyl (C=O) groups is 1. The van der Waals surface area contributed by atoms with E-state index in [0.29, 0.717) is 12.8 Å². The largest absolute Gasteiger partial charge is 0.417 e. The zero-order chi connectivity index (χ0) is 23.3. The minimum Gasteiger partial charge on any atom is -0.374 e. The third kappa shape index (κ3) is 4.54. The fraction of sp³-hybridized carbons (Fsp3) is 0.619. The predicted octanol–water partition coefficient (Wildman–Crippen LogP) is 4.13. The van der Waals surface area contributed by atoms with Gasteiger partial charge in [-0.2, -0.15) is 18.4 Å². The lowest BCUT2D eigenvalue weighted by Gasteiger charge is -2.31. The van der Waals surface area contributed by atoms with Crippen LogP contribution in [0.5, 0.6) is 0 Å². The molecule has 0 saturated heterocycles. The highest BCUT2D eigenvalue weighted by atomic mass is 79.9. The molecule has 3 fully saturated rings. The van der Waals surface area contributed by atoms with Crippen molar-refractivity contribution in [3.05, 3.63) is 28.2 Å². The summed E-state index contributed by atoms with van der Waals surface area (Å²) in [7, 11) is -4.39. The van der Waals surface area contributed by atoms with Crippen molar-refractivity contribution in [3.63, 3.8) is 0 Å². The van der Waals surface area contributed by atoms with Gasteiger partial charge in [-0.05, 0) is 63.1 Å². The molecule has 6 nitrogen and oxygen atoms in total. The van der Waals surface area contributed by atoms with Crippen molar-refractivity contribution in [3.8, 4) is 6.07 Å². The van der Waals surface area contributed by atoms with E-state index < -0.39 is 55.2 Å². The predicted molar refractivity (Wildman–Crippen MR) is 111 cm³/mol. The summed E-state index contributed by atoms with van der Waals surface area (Å²) in [6, 6.07) is 5.02. The Labute approximate surface area is 192 Å². The molecule has 0 spiro atoms. The molecular formula is C21H22BrF3N2O4S. The molecule has 0 aromatic heterocycles. The average molecular weight is 535 g/mol. The third-order valence-electron chi connectivity index (χ3n) is 6.54. The lowest BCUT2D eigenvalue weighted by molar-refractivity contribution is -0.140. The van der Waals surface area contributed by atoms with Gasteiger partial charge >= 0.3 is 6.18 Å². The van der Waals surface area contributed by atoms with Crippen LogP contribution in [-0.4, -0.2) is 37.3 Å². The molecule has 1 N–H and O–H groups in total. The normalized spacial score (nSPS) is 27.4. The standard InChI is InChI=1S/C21H22BrF3N2O4S/c22-12-4-5-18(16(8-12)21(23,24)25)32(29,30)14-9-15(17(10-14)31-13-2-1-3-13)19(28)27-20(11-26)6-7-20/h4-5,8,13-15,17H,1-3,6-7,9-10H2,(H,27,28)/t14-,15-,17-/m1/s1. The first kappa shape index (κ1) is 23.5. The van der Waals surface area contributed by atoms with E-state index in [9.17, 15) is 31.6 Å². The van der Waals surface area contributed by atoms with Crippen LogP contribution < -0.4 is 5.32 Å². The lowest BCUT2D eigenvalue weighted by atomic mass is 9.95. The maximum absolute atomic E-state index is 13.6. The van der Waals surface area contributed by atoms with Crippen molar-refractivity contribution < 1.29 is 31.1 Å². The number of sulfone groups is 1. The van der Waals surface area contributed by atoms with Crippen LogP contribution in [0, 0.1) is 17.2 Å². The number of nitriles is 1. The summed E-state index contributed by atoms with van der Waals surface area (Å²) in [6.07, 6.45) is -2.26. The van der Waals surface area contributed by atoms with Crippen molar-refractivity contribution in [2.24, 2.45) is 5.92 Å². The molecule has 4 rings (SSSR count). The zero-order valence-electron chi connectivity index (χ0n) is 17.0. The molecule has 11 heteroatoms. The Balaban J connectivity index is 1.62. The van der Waals surface area contributed by atoms with Gasteiger partial charge in [0, 0.05) is 4.47 Å². The Hall–Kier alpha value is -1.64. The van der Waals surface area contributed by atoms with Crippen LogP contribution in [-0.2, 0) is 25.5 Å². The van der Waals surface area contributed by atoms with Gasteiger partial charge in [-0.15, -0.1) is 0 Å². The highest BCUT2D eigenvalue weighted by molar-refractivity contribution is 9.10. The van der Waals surface area contributed by atoms with E-state index in [1.165, 1.54) is 6.07 Å². The highest BCUT2D eigenvalue weighted by Gasteiger charge is 2.51. The molecule has 174 valence electrons. The van der Waals surface area contributed by atoms with Gasteiger partial charge in [0.2, 0.25) is 5.91 Å². The first-order valence-corrected chi connectivity index (χ1v) is 12.8. The smallest absolute Gasteiger partial charge is 0.374 e. The summed E-state index contributed by atoms with van der Waals surface area (Å²) in [5.41, 5.74) is -2.16. The van der Waals surface area contributed by atoms with Gasteiger partial charge < -0.3 is 10.1 Å². The first-order valence-electron chi connectivity index (χ1n) is 10.4. The molecule has 0 bridgehead atoms. The molecule has 32 heavy (non-hydrogen) atoms. The number of carbonyl (C=O) groups excluding carboxylic acids is 1. The number of rotatable bonds is 6. The van der Waals surface area contributed by atoms with Gasteiger partial charge in [-0.1, -0.05) is 15.9 Å². The summed E-state index contributed by atoms with van der Waals surface area (Å²) in [5.74, 6) is -1.32. The molecule has 3 aliphatic carbocycles. The fourth-order valence-electron chi connectivity index (χ4n) is 4.26.